The van der Waals surface area contributed by atoms with Crippen LogP contribution in [0.4, 0.5) is 0 Å². The first-order chi connectivity index (χ1) is 7.25. The van der Waals surface area contributed by atoms with Crippen LogP contribution in [-0.4, -0.2) is 25.8 Å². The Kier molecular flexibility index (Phi) is 3.78. The fourth-order valence-electron chi connectivity index (χ4n) is 1.78. The highest BCUT2D eigenvalue weighted by Crippen LogP contribution is 2.19. The minimum atomic E-state index is 0.327. The molecule has 1 saturated heterocycles. The maximum atomic E-state index is 5.67. The van der Waals surface area contributed by atoms with E-state index in [0.717, 1.165) is 26.1 Å². The molecular weight excluding hydrogens is 254 g/mol. The predicted octanol–water partition coefficient (Wildman–Crippen LogP) is 2.29. The second-order valence-electron chi connectivity index (χ2n) is 3.98. The van der Waals surface area contributed by atoms with Gasteiger partial charge in [-0.05, 0) is 30.5 Å². The third kappa shape index (κ3) is 3.03. The molecule has 0 bridgehead atoms. The van der Waals surface area contributed by atoms with Crippen molar-refractivity contribution in [3.63, 3.8) is 0 Å². The first-order valence-electron chi connectivity index (χ1n) is 5.33. The first-order valence-corrected chi connectivity index (χ1v) is 6.12. The van der Waals surface area contributed by atoms with Crippen LogP contribution < -0.4 is 5.32 Å². The normalized spacial score (nSPS) is 21.6. The molecule has 0 aliphatic carbocycles. The molecule has 2 rings (SSSR count). The van der Waals surface area contributed by atoms with Crippen LogP contribution in [0.15, 0.2) is 22.7 Å². The van der Waals surface area contributed by atoms with Gasteiger partial charge in [0.1, 0.15) is 0 Å². The molecule has 0 saturated carbocycles. The molecule has 1 aromatic carbocycles. The van der Waals surface area contributed by atoms with Crippen molar-refractivity contribution in [1.29, 1.82) is 0 Å². The third-order valence-corrected chi connectivity index (χ3v) is 3.56. The van der Waals surface area contributed by atoms with Gasteiger partial charge >= 0.3 is 0 Å². The number of aryl methyl sites for hydroxylation is 1. The van der Waals surface area contributed by atoms with Crippen LogP contribution in [0.25, 0.3) is 0 Å². The van der Waals surface area contributed by atoms with Crippen molar-refractivity contribution in [2.45, 2.75) is 19.4 Å². The number of hydrogen-bond acceptors (Lipinski definition) is 2. The summed E-state index contributed by atoms with van der Waals surface area (Å²) in [6.07, 6.45) is 1.32. The van der Waals surface area contributed by atoms with Crippen molar-refractivity contribution < 1.29 is 4.74 Å². The fraction of sp³-hybridized carbons (Fsp3) is 0.500. The second-order valence-corrected chi connectivity index (χ2v) is 4.84. The number of hydrogen-bond donors (Lipinski definition) is 1. The summed E-state index contributed by atoms with van der Waals surface area (Å²) in [4.78, 5) is 0. The number of ether oxygens (including phenoxy) is 1. The van der Waals surface area contributed by atoms with Crippen molar-refractivity contribution in [3.05, 3.63) is 33.8 Å². The molecule has 3 heteroatoms. The van der Waals surface area contributed by atoms with Gasteiger partial charge in [0.15, 0.2) is 0 Å². The fourth-order valence-corrected chi connectivity index (χ4v) is 2.20. The summed E-state index contributed by atoms with van der Waals surface area (Å²) in [5.74, 6) is 0. The van der Waals surface area contributed by atoms with Gasteiger partial charge in [0.25, 0.3) is 0 Å². The third-order valence-electron chi connectivity index (χ3n) is 2.70. The van der Waals surface area contributed by atoms with Gasteiger partial charge < -0.3 is 10.1 Å². The summed E-state index contributed by atoms with van der Waals surface area (Å²) in [5.41, 5.74) is 2.61. The van der Waals surface area contributed by atoms with Crippen LogP contribution in [-0.2, 0) is 11.2 Å². The Hall–Kier alpha value is -0.380. The Morgan fingerprint density at radius 1 is 1.53 bits per heavy atom. The Balaban J connectivity index is 2.00. The van der Waals surface area contributed by atoms with Gasteiger partial charge in [-0.2, -0.15) is 0 Å². The van der Waals surface area contributed by atoms with Crippen LogP contribution in [0.3, 0.4) is 0 Å². The number of benzene rings is 1. The largest absolute Gasteiger partial charge is 0.375 e. The lowest BCUT2D eigenvalue weighted by atomic mass is 10.1. The Morgan fingerprint density at radius 2 is 2.40 bits per heavy atom. The van der Waals surface area contributed by atoms with Crippen LogP contribution in [0, 0.1) is 6.92 Å². The molecule has 1 aliphatic rings. The number of halogens is 1. The molecule has 1 aromatic rings. The zero-order valence-electron chi connectivity index (χ0n) is 8.92. The smallest absolute Gasteiger partial charge is 0.0740 e. The maximum Gasteiger partial charge on any atom is 0.0740 e. The van der Waals surface area contributed by atoms with E-state index in [1.54, 1.807) is 0 Å². The van der Waals surface area contributed by atoms with E-state index < -0.39 is 0 Å². The van der Waals surface area contributed by atoms with E-state index in [9.17, 15) is 0 Å². The highest BCUT2D eigenvalue weighted by molar-refractivity contribution is 9.10. The molecule has 1 unspecified atom stereocenters. The lowest BCUT2D eigenvalue weighted by Crippen LogP contribution is -2.39. The second kappa shape index (κ2) is 5.10. The Bertz CT molecular complexity index is 334. The molecule has 1 atom stereocenters. The minimum Gasteiger partial charge on any atom is -0.375 e. The average molecular weight is 270 g/mol. The van der Waals surface area contributed by atoms with Crippen molar-refractivity contribution >= 4 is 15.9 Å². The molecule has 2 nitrogen and oxygen atoms in total. The van der Waals surface area contributed by atoms with E-state index in [1.807, 2.05) is 0 Å². The molecule has 15 heavy (non-hydrogen) atoms. The summed E-state index contributed by atoms with van der Waals surface area (Å²) in [7, 11) is 0. The highest BCUT2D eigenvalue weighted by Gasteiger charge is 2.13. The molecule has 0 aromatic heterocycles. The molecular formula is C12H16BrNO. The highest BCUT2D eigenvalue weighted by atomic mass is 79.9. The lowest BCUT2D eigenvalue weighted by molar-refractivity contribution is 0.0292. The average Bonchev–Trinajstić information content (AvgIpc) is 2.25. The van der Waals surface area contributed by atoms with Gasteiger partial charge in [0.05, 0.1) is 12.7 Å². The van der Waals surface area contributed by atoms with E-state index in [-0.39, 0.29) is 0 Å². The van der Waals surface area contributed by atoms with Crippen molar-refractivity contribution in [3.8, 4) is 0 Å². The molecule has 0 radical (unpaired) electrons. The first kappa shape index (κ1) is 11.1. The summed E-state index contributed by atoms with van der Waals surface area (Å²) in [6, 6.07) is 6.51. The number of rotatable bonds is 2. The van der Waals surface area contributed by atoms with Gasteiger partial charge in [0, 0.05) is 17.6 Å². The van der Waals surface area contributed by atoms with Crippen molar-refractivity contribution in [2.24, 2.45) is 0 Å². The van der Waals surface area contributed by atoms with Crippen LogP contribution in [0.5, 0.6) is 0 Å². The van der Waals surface area contributed by atoms with E-state index in [2.05, 4.69) is 46.4 Å². The van der Waals surface area contributed by atoms with Gasteiger partial charge in [0.2, 0.25) is 0 Å². The van der Waals surface area contributed by atoms with Gasteiger partial charge in [-0.3, -0.25) is 0 Å². The SMILES string of the molecule is Cc1ccc(CC2CNCCO2)cc1Br. The van der Waals surface area contributed by atoms with E-state index in [1.165, 1.54) is 15.6 Å². The molecule has 1 N–H and O–H groups in total. The molecule has 1 aliphatic heterocycles. The molecule has 1 fully saturated rings. The molecule has 1 heterocycles. The molecule has 0 amide bonds. The maximum absolute atomic E-state index is 5.67. The Labute approximate surface area is 99.1 Å². The lowest BCUT2D eigenvalue weighted by Gasteiger charge is -2.23. The van der Waals surface area contributed by atoms with Crippen molar-refractivity contribution in [2.75, 3.05) is 19.7 Å². The summed E-state index contributed by atoms with van der Waals surface area (Å²) < 4.78 is 6.86. The van der Waals surface area contributed by atoms with E-state index in [4.69, 9.17) is 4.74 Å². The van der Waals surface area contributed by atoms with Gasteiger partial charge in [-0.25, -0.2) is 0 Å². The number of morpholine rings is 1. The van der Waals surface area contributed by atoms with Crippen LogP contribution in [0.1, 0.15) is 11.1 Å². The molecule has 82 valence electrons. The standard InChI is InChI=1S/C12H16BrNO/c1-9-2-3-10(7-12(9)13)6-11-8-14-4-5-15-11/h2-3,7,11,14H,4-6,8H2,1H3. The number of nitrogens with one attached hydrogen (secondary N) is 1. The van der Waals surface area contributed by atoms with Crippen LogP contribution in [0.2, 0.25) is 0 Å². The van der Waals surface area contributed by atoms with Gasteiger partial charge in [-0.1, -0.05) is 28.1 Å². The monoisotopic (exact) mass is 269 g/mol. The topological polar surface area (TPSA) is 21.3 Å². The van der Waals surface area contributed by atoms with E-state index in [0.29, 0.717) is 6.10 Å². The zero-order chi connectivity index (χ0) is 10.7. The van der Waals surface area contributed by atoms with Crippen LogP contribution >= 0.6 is 15.9 Å². The van der Waals surface area contributed by atoms with Crippen molar-refractivity contribution in [1.82, 2.24) is 5.32 Å². The predicted molar refractivity (Wildman–Crippen MR) is 65.2 cm³/mol. The van der Waals surface area contributed by atoms with Gasteiger partial charge in [-0.15, -0.1) is 0 Å². The summed E-state index contributed by atoms with van der Waals surface area (Å²) in [5, 5.41) is 3.34. The summed E-state index contributed by atoms with van der Waals surface area (Å²) in [6.45, 7) is 4.88. The Morgan fingerprint density at radius 3 is 3.07 bits per heavy atom. The zero-order valence-corrected chi connectivity index (χ0v) is 10.5. The molecule has 0 spiro atoms. The quantitative estimate of drug-likeness (QED) is 0.890. The summed E-state index contributed by atoms with van der Waals surface area (Å²) >= 11 is 3.55. The minimum absolute atomic E-state index is 0.327. The van der Waals surface area contributed by atoms with E-state index >= 15 is 0 Å².